The minimum absolute atomic E-state index is 0.258. The normalized spacial score (nSPS) is 32.0. The summed E-state index contributed by atoms with van der Waals surface area (Å²) in [5.74, 6) is 0.491. The third-order valence-electron chi connectivity index (χ3n) is 3.08. The standard InChI is InChI=1S/C9H15N3/c1-9(2)7(8(9)10)6-4-11-5-12(6)3/h4-5,7-8H,10H2,1-3H3/t7-,8-/m0/s1. The van der Waals surface area contributed by atoms with Crippen molar-refractivity contribution < 1.29 is 0 Å². The van der Waals surface area contributed by atoms with Crippen LogP contribution in [0.15, 0.2) is 12.5 Å². The molecule has 1 aliphatic rings. The van der Waals surface area contributed by atoms with E-state index < -0.39 is 0 Å². The predicted octanol–water partition coefficient (Wildman–Crippen LogP) is 0.871. The largest absolute Gasteiger partial charge is 0.337 e. The average Bonchev–Trinajstić information content (AvgIpc) is 2.39. The zero-order chi connectivity index (χ0) is 8.93. The molecule has 1 saturated carbocycles. The highest BCUT2D eigenvalue weighted by atomic mass is 15.0. The Balaban J connectivity index is 2.30. The maximum absolute atomic E-state index is 5.96. The average molecular weight is 165 g/mol. The summed E-state index contributed by atoms with van der Waals surface area (Å²) in [6.45, 7) is 4.41. The number of rotatable bonds is 1. The van der Waals surface area contributed by atoms with Crippen molar-refractivity contribution in [3.63, 3.8) is 0 Å². The Labute approximate surface area is 72.6 Å². The summed E-state index contributed by atoms with van der Waals surface area (Å²) in [6, 6.07) is 0.299. The van der Waals surface area contributed by atoms with Gasteiger partial charge in [-0.25, -0.2) is 4.98 Å². The highest BCUT2D eigenvalue weighted by molar-refractivity contribution is 5.27. The predicted molar refractivity (Wildman–Crippen MR) is 47.7 cm³/mol. The van der Waals surface area contributed by atoms with Crippen LogP contribution in [0.4, 0.5) is 0 Å². The molecule has 0 aromatic carbocycles. The maximum atomic E-state index is 5.96. The fourth-order valence-corrected chi connectivity index (χ4v) is 1.91. The van der Waals surface area contributed by atoms with Gasteiger partial charge in [0.05, 0.1) is 6.33 Å². The van der Waals surface area contributed by atoms with E-state index in [1.807, 2.05) is 19.6 Å². The van der Waals surface area contributed by atoms with E-state index in [-0.39, 0.29) is 5.41 Å². The number of hydrogen-bond acceptors (Lipinski definition) is 2. The van der Waals surface area contributed by atoms with Crippen molar-refractivity contribution in [2.75, 3.05) is 0 Å². The summed E-state index contributed by atoms with van der Waals surface area (Å²) in [5, 5.41) is 0. The number of aryl methyl sites for hydroxylation is 1. The van der Waals surface area contributed by atoms with E-state index in [1.165, 1.54) is 5.69 Å². The van der Waals surface area contributed by atoms with Gasteiger partial charge < -0.3 is 10.3 Å². The van der Waals surface area contributed by atoms with Crippen LogP contribution in [-0.4, -0.2) is 15.6 Å². The van der Waals surface area contributed by atoms with E-state index in [0.29, 0.717) is 12.0 Å². The molecule has 3 heteroatoms. The second kappa shape index (κ2) is 2.10. The number of nitrogens with two attached hydrogens (primary N) is 1. The van der Waals surface area contributed by atoms with Crippen molar-refractivity contribution in [2.45, 2.75) is 25.8 Å². The van der Waals surface area contributed by atoms with Gasteiger partial charge in [-0.1, -0.05) is 13.8 Å². The van der Waals surface area contributed by atoms with E-state index in [0.717, 1.165) is 0 Å². The van der Waals surface area contributed by atoms with Gasteiger partial charge in [0.2, 0.25) is 0 Å². The van der Waals surface area contributed by atoms with Crippen LogP contribution in [0.1, 0.15) is 25.5 Å². The van der Waals surface area contributed by atoms with Crippen LogP contribution in [0.5, 0.6) is 0 Å². The monoisotopic (exact) mass is 165 g/mol. The fourth-order valence-electron chi connectivity index (χ4n) is 1.91. The molecule has 1 aliphatic carbocycles. The minimum Gasteiger partial charge on any atom is -0.337 e. The van der Waals surface area contributed by atoms with Crippen molar-refractivity contribution in [3.05, 3.63) is 18.2 Å². The van der Waals surface area contributed by atoms with Gasteiger partial charge in [0, 0.05) is 30.9 Å². The van der Waals surface area contributed by atoms with E-state index in [4.69, 9.17) is 5.73 Å². The molecule has 2 rings (SSSR count). The Morgan fingerprint density at radius 3 is 2.50 bits per heavy atom. The van der Waals surface area contributed by atoms with E-state index in [2.05, 4.69) is 23.4 Å². The SMILES string of the molecule is Cn1cncc1[C@H]1[C@H](N)C1(C)C. The molecule has 0 unspecified atom stereocenters. The Bertz CT molecular complexity index is 300. The van der Waals surface area contributed by atoms with Crippen LogP contribution in [0.2, 0.25) is 0 Å². The van der Waals surface area contributed by atoms with Crippen molar-refractivity contribution >= 4 is 0 Å². The molecule has 0 saturated heterocycles. The van der Waals surface area contributed by atoms with Crippen molar-refractivity contribution in [1.82, 2.24) is 9.55 Å². The molecule has 0 radical (unpaired) electrons. The Morgan fingerprint density at radius 1 is 1.58 bits per heavy atom. The molecular formula is C9H15N3. The molecule has 2 N–H and O–H groups in total. The van der Waals surface area contributed by atoms with Gasteiger partial charge in [-0.3, -0.25) is 0 Å². The first-order chi connectivity index (χ1) is 5.55. The van der Waals surface area contributed by atoms with Crippen molar-refractivity contribution in [2.24, 2.45) is 18.2 Å². The lowest BCUT2D eigenvalue weighted by Gasteiger charge is -2.02. The van der Waals surface area contributed by atoms with Gasteiger partial charge >= 0.3 is 0 Å². The van der Waals surface area contributed by atoms with Crippen LogP contribution in [0, 0.1) is 5.41 Å². The van der Waals surface area contributed by atoms with Crippen LogP contribution >= 0.6 is 0 Å². The first kappa shape index (κ1) is 7.80. The third kappa shape index (κ3) is 0.829. The molecule has 12 heavy (non-hydrogen) atoms. The molecule has 3 nitrogen and oxygen atoms in total. The Morgan fingerprint density at radius 2 is 2.17 bits per heavy atom. The lowest BCUT2D eigenvalue weighted by atomic mass is 10.1. The number of hydrogen-bond donors (Lipinski definition) is 1. The minimum atomic E-state index is 0.258. The van der Waals surface area contributed by atoms with Gasteiger partial charge in [-0.15, -0.1) is 0 Å². The highest BCUT2D eigenvalue weighted by Gasteiger charge is 2.57. The summed E-state index contributed by atoms with van der Waals surface area (Å²) < 4.78 is 2.05. The molecule has 66 valence electrons. The van der Waals surface area contributed by atoms with Gasteiger partial charge in [0.25, 0.3) is 0 Å². The summed E-state index contributed by atoms with van der Waals surface area (Å²) in [6.07, 6.45) is 3.75. The first-order valence-corrected chi connectivity index (χ1v) is 4.27. The van der Waals surface area contributed by atoms with Crippen LogP contribution in [-0.2, 0) is 7.05 Å². The highest BCUT2D eigenvalue weighted by Crippen LogP contribution is 2.56. The van der Waals surface area contributed by atoms with Crippen molar-refractivity contribution in [1.29, 1.82) is 0 Å². The summed E-state index contributed by atoms with van der Waals surface area (Å²) in [4.78, 5) is 4.09. The van der Waals surface area contributed by atoms with E-state index in [9.17, 15) is 0 Å². The first-order valence-electron chi connectivity index (χ1n) is 4.27. The topological polar surface area (TPSA) is 43.8 Å². The van der Waals surface area contributed by atoms with Gasteiger partial charge in [-0.05, 0) is 5.41 Å². The number of aromatic nitrogens is 2. The molecular weight excluding hydrogens is 150 g/mol. The van der Waals surface area contributed by atoms with Gasteiger partial charge in [0.15, 0.2) is 0 Å². The van der Waals surface area contributed by atoms with Crippen LogP contribution < -0.4 is 5.73 Å². The van der Waals surface area contributed by atoms with Crippen LogP contribution in [0.25, 0.3) is 0 Å². The van der Waals surface area contributed by atoms with Crippen LogP contribution in [0.3, 0.4) is 0 Å². The zero-order valence-electron chi connectivity index (χ0n) is 7.78. The number of nitrogens with zero attached hydrogens (tertiary/aromatic N) is 2. The Hall–Kier alpha value is -0.830. The van der Waals surface area contributed by atoms with E-state index >= 15 is 0 Å². The van der Waals surface area contributed by atoms with Gasteiger partial charge in [-0.2, -0.15) is 0 Å². The van der Waals surface area contributed by atoms with Crippen molar-refractivity contribution in [3.8, 4) is 0 Å². The fraction of sp³-hybridized carbons (Fsp3) is 0.667. The molecule has 1 heterocycles. The Kier molecular flexibility index (Phi) is 1.37. The second-order valence-corrected chi connectivity index (χ2v) is 4.25. The zero-order valence-corrected chi connectivity index (χ0v) is 7.78. The van der Waals surface area contributed by atoms with Gasteiger partial charge in [0.1, 0.15) is 0 Å². The molecule has 0 amide bonds. The lowest BCUT2D eigenvalue weighted by Crippen LogP contribution is -2.06. The summed E-state index contributed by atoms with van der Waals surface area (Å²) in [5.41, 5.74) is 7.48. The molecule has 1 aromatic rings. The molecule has 0 bridgehead atoms. The molecule has 2 atom stereocenters. The second-order valence-electron chi connectivity index (χ2n) is 4.25. The summed E-state index contributed by atoms with van der Waals surface area (Å²) >= 11 is 0. The smallest absolute Gasteiger partial charge is 0.0945 e. The third-order valence-corrected chi connectivity index (χ3v) is 3.08. The molecule has 0 aliphatic heterocycles. The molecule has 1 aromatic heterocycles. The maximum Gasteiger partial charge on any atom is 0.0945 e. The quantitative estimate of drug-likeness (QED) is 0.671. The molecule has 1 fully saturated rings. The van der Waals surface area contributed by atoms with E-state index in [1.54, 1.807) is 0 Å². The number of imidazole rings is 1. The summed E-state index contributed by atoms with van der Waals surface area (Å²) in [7, 11) is 2.02. The lowest BCUT2D eigenvalue weighted by molar-refractivity contribution is 0.589. The molecule has 0 spiro atoms.